The second-order valence-electron chi connectivity index (χ2n) is 6.90. The zero-order valence-electron chi connectivity index (χ0n) is 16.6. The second-order valence-corrected chi connectivity index (χ2v) is 7.31. The van der Waals surface area contributed by atoms with Crippen LogP contribution >= 0.6 is 11.6 Å². The summed E-state index contributed by atoms with van der Waals surface area (Å²) in [6, 6.07) is 12.8. The number of aryl methyl sites for hydroxylation is 1. The molecular weight excluding hydrogens is 408 g/mol. The van der Waals surface area contributed by atoms with Crippen LogP contribution in [0.25, 0.3) is 0 Å². The molecule has 1 aromatic heterocycles. The molecule has 2 aromatic carbocycles. The fraction of sp³-hybridized carbons (Fsp3) is 0.238. The lowest BCUT2D eigenvalue weighted by molar-refractivity contribution is -0.137. The molecule has 3 aromatic rings. The van der Waals surface area contributed by atoms with E-state index in [1.54, 1.807) is 25.1 Å². The first kappa shape index (κ1) is 21.3. The minimum Gasteiger partial charge on any atom is -0.481 e. The number of aromatic amines is 1. The van der Waals surface area contributed by atoms with Gasteiger partial charge in [0, 0.05) is 11.6 Å². The van der Waals surface area contributed by atoms with E-state index >= 15 is 0 Å². The largest absolute Gasteiger partial charge is 0.481 e. The van der Waals surface area contributed by atoms with Crippen LogP contribution < -0.4 is 17.0 Å². The Kier molecular flexibility index (Phi) is 6.37. The molecule has 0 saturated heterocycles. The summed E-state index contributed by atoms with van der Waals surface area (Å²) in [5, 5.41) is 9.44. The topological polar surface area (TPSA) is 109 Å². The van der Waals surface area contributed by atoms with Gasteiger partial charge >= 0.3 is 17.3 Å². The Bertz CT molecular complexity index is 1270. The lowest BCUT2D eigenvalue weighted by Gasteiger charge is -2.11. The van der Waals surface area contributed by atoms with Gasteiger partial charge in [-0.3, -0.25) is 14.3 Å². The van der Waals surface area contributed by atoms with Crippen molar-refractivity contribution in [2.75, 3.05) is 0 Å². The highest BCUT2D eigenvalue weighted by Gasteiger charge is 2.12. The van der Waals surface area contributed by atoms with E-state index < -0.39 is 17.3 Å². The van der Waals surface area contributed by atoms with E-state index in [2.05, 4.69) is 9.98 Å². The first-order valence-electron chi connectivity index (χ1n) is 9.27. The van der Waals surface area contributed by atoms with E-state index in [1.165, 1.54) is 4.57 Å². The van der Waals surface area contributed by atoms with Crippen molar-refractivity contribution >= 4 is 23.3 Å². The van der Waals surface area contributed by atoms with Crippen LogP contribution in [0.1, 0.15) is 23.1 Å². The second kappa shape index (κ2) is 8.96. The molecule has 0 atom stereocenters. The Morgan fingerprint density at radius 1 is 1.10 bits per heavy atom. The van der Waals surface area contributed by atoms with Crippen LogP contribution in [0.3, 0.4) is 0 Å². The highest BCUT2D eigenvalue weighted by Crippen LogP contribution is 2.24. The SMILES string of the molecule is Cc1ccc(Cn2c(=O)n(CCC(=O)O)c(=O)[nH]/c2=N\c2cccc(Cl)c2C)cc1. The molecule has 0 unspecified atom stereocenters. The van der Waals surface area contributed by atoms with Gasteiger partial charge < -0.3 is 5.11 Å². The Labute approximate surface area is 176 Å². The minimum absolute atomic E-state index is 0.0579. The van der Waals surface area contributed by atoms with Crippen molar-refractivity contribution in [1.82, 2.24) is 14.1 Å². The zero-order valence-corrected chi connectivity index (χ0v) is 17.3. The van der Waals surface area contributed by atoms with Gasteiger partial charge in [0.1, 0.15) is 0 Å². The molecule has 1 heterocycles. The Balaban J connectivity index is 2.22. The molecule has 0 aliphatic rings. The third-order valence-electron chi connectivity index (χ3n) is 4.66. The summed E-state index contributed by atoms with van der Waals surface area (Å²) in [5.74, 6) is -1.10. The maximum atomic E-state index is 13.1. The van der Waals surface area contributed by atoms with Crippen molar-refractivity contribution in [3.8, 4) is 0 Å². The van der Waals surface area contributed by atoms with Crippen molar-refractivity contribution < 1.29 is 9.90 Å². The van der Waals surface area contributed by atoms with Crippen LogP contribution in [-0.2, 0) is 17.9 Å². The molecular formula is C21H21ClN4O4. The number of hydrogen-bond donors (Lipinski definition) is 2. The quantitative estimate of drug-likeness (QED) is 0.628. The molecule has 0 saturated carbocycles. The summed E-state index contributed by atoms with van der Waals surface area (Å²) in [5.41, 5.74) is 1.82. The number of aromatic nitrogens is 3. The standard InChI is InChI=1S/C21H21ClN4O4/c1-13-6-8-15(9-7-13)12-26-19(23-17-5-3-4-16(22)14(17)2)24-20(29)25(21(26)30)11-10-18(27)28/h3-9H,10-12H2,1-2H3,(H,27,28)(H,23,24,29). The van der Waals surface area contributed by atoms with E-state index in [1.807, 2.05) is 31.2 Å². The Morgan fingerprint density at radius 2 is 1.80 bits per heavy atom. The molecule has 0 amide bonds. The van der Waals surface area contributed by atoms with Gasteiger partial charge in [-0.15, -0.1) is 0 Å². The number of halogens is 1. The smallest absolute Gasteiger partial charge is 0.335 e. The Morgan fingerprint density at radius 3 is 2.47 bits per heavy atom. The summed E-state index contributed by atoms with van der Waals surface area (Å²) >= 11 is 6.16. The fourth-order valence-electron chi connectivity index (χ4n) is 2.90. The van der Waals surface area contributed by atoms with Crippen molar-refractivity contribution in [2.24, 2.45) is 4.99 Å². The maximum absolute atomic E-state index is 13.1. The van der Waals surface area contributed by atoms with Gasteiger partial charge in [0.25, 0.3) is 0 Å². The van der Waals surface area contributed by atoms with Crippen LogP contribution in [0.15, 0.2) is 57.0 Å². The fourth-order valence-corrected chi connectivity index (χ4v) is 3.07. The third kappa shape index (κ3) is 4.77. The van der Waals surface area contributed by atoms with Gasteiger partial charge in [0.15, 0.2) is 0 Å². The van der Waals surface area contributed by atoms with Crippen LogP contribution in [-0.4, -0.2) is 25.2 Å². The third-order valence-corrected chi connectivity index (χ3v) is 5.07. The van der Waals surface area contributed by atoms with E-state index in [-0.39, 0.29) is 25.1 Å². The molecule has 3 rings (SSSR count). The normalized spacial score (nSPS) is 11.6. The van der Waals surface area contributed by atoms with Crippen molar-refractivity contribution in [1.29, 1.82) is 0 Å². The molecule has 2 N–H and O–H groups in total. The monoisotopic (exact) mass is 428 g/mol. The predicted octanol–water partition coefficient (Wildman–Crippen LogP) is 2.36. The molecule has 0 radical (unpaired) electrons. The number of nitrogens with one attached hydrogen (secondary N) is 1. The van der Waals surface area contributed by atoms with E-state index in [0.717, 1.165) is 15.7 Å². The number of carbonyl (C=O) groups is 1. The van der Waals surface area contributed by atoms with E-state index in [0.29, 0.717) is 16.3 Å². The zero-order chi connectivity index (χ0) is 21.8. The highest BCUT2D eigenvalue weighted by molar-refractivity contribution is 6.31. The van der Waals surface area contributed by atoms with Crippen molar-refractivity contribution in [3.63, 3.8) is 0 Å². The molecule has 0 spiro atoms. The van der Waals surface area contributed by atoms with Gasteiger partial charge in [-0.05, 0) is 37.1 Å². The predicted molar refractivity (Wildman–Crippen MR) is 113 cm³/mol. The molecule has 9 heteroatoms. The lowest BCUT2D eigenvalue weighted by atomic mass is 10.1. The average molecular weight is 429 g/mol. The minimum atomic E-state index is -1.10. The molecule has 0 aliphatic heterocycles. The summed E-state index contributed by atoms with van der Waals surface area (Å²) in [4.78, 5) is 43.5. The van der Waals surface area contributed by atoms with Gasteiger partial charge in [-0.2, -0.15) is 0 Å². The number of carboxylic acids is 1. The van der Waals surface area contributed by atoms with Crippen molar-refractivity contribution in [2.45, 2.75) is 33.4 Å². The first-order chi connectivity index (χ1) is 14.3. The number of carboxylic acid groups (broad SMARTS) is 1. The first-order valence-corrected chi connectivity index (χ1v) is 9.65. The Hall–Kier alpha value is -3.39. The van der Waals surface area contributed by atoms with Crippen molar-refractivity contribution in [3.05, 3.63) is 90.8 Å². The molecule has 0 fully saturated rings. The van der Waals surface area contributed by atoms with Crippen LogP contribution in [0, 0.1) is 13.8 Å². The number of hydrogen-bond acceptors (Lipinski definition) is 4. The maximum Gasteiger partial charge on any atom is 0.335 e. The molecule has 156 valence electrons. The van der Waals surface area contributed by atoms with E-state index in [9.17, 15) is 14.4 Å². The van der Waals surface area contributed by atoms with E-state index in [4.69, 9.17) is 16.7 Å². The number of nitrogens with zero attached hydrogens (tertiary/aromatic N) is 3. The molecule has 0 aliphatic carbocycles. The average Bonchev–Trinajstić information content (AvgIpc) is 2.69. The van der Waals surface area contributed by atoms with Crippen LogP contribution in [0.4, 0.5) is 5.69 Å². The summed E-state index contributed by atoms with van der Waals surface area (Å²) in [7, 11) is 0. The summed E-state index contributed by atoms with van der Waals surface area (Å²) in [6.07, 6.45) is -0.350. The number of H-pyrrole nitrogens is 1. The molecule has 0 bridgehead atoms. The molecule has 8 nitrogen and oxygen atoms in total. The van der Waals surface area contributed by atoms with Gasteiger partial charge in [-0.1, -0.05) is 47.5 Å². The summed E-state index contributed by atoms with van der Waals surface area (Å²) in [6.45, 7) is 3.66. The summed E-state index contributed by atoms with van der Waals surface area (Å²) < 4.78 is 2.18. The number of aliphatic carboxylic acids is 1. The molecule has 30 heavy (non-hydrogen) atoms. The number of rotatable bonds is 6. The van der Waals surface area contributed by atoms with Crippen LogP contribution in [0.5, 0.6) is 0 Å². The van der Waals surface area contributed by atoms with Gasteiger partial charge in [0.05, 0.1) is 18.7 Å². The van der Waals surface area contributed by atoms with Gasteiger partial charge in [-0.25, -0.2) is 19.1 Å². The number of benzene rings is 2. The highest BCUT2D eigenvalue weighted by atomic mass is 35.5. The lowest BCUT2D eigenvalue weighted by Crippen LogP contribution is -2.50. The van der Waals surface area contributed by atoms with Crippen LogP contribution in [0.2, 0.25) is 5.02 Å². The van der Waals surface area contributed by atoms with Gasteiger partial charge in [0.2, 0.25) is 5.62 Å².